The van der Waals surface area contributed by atoms with Crippen LogP contribution in [0.5, 0.6) is 0 Å². The molecule has 8 heteroatoms. The van der Waals surface area contributed by atoms with Crippen LogP contribution in [0.1, 0.15) is 21.7 Å². The molecule has 2 heterocycles. The van der Waals surface area contributed by atoms with Crippen molar-refractivity contribution >= 4 is 22.6 Å². The number of rotatable bonds is 4. The molecule has 3 aromatic rings. The third kappa shape index (κ3) is 4.01. The summed E-state index contributed by atoms with van der Waals surface area (Å²) in [6.45, 7) is 2.23. The molecule has 0 radical (unpaired) electrons. The molecule has 1 aliphatic rings. The maximum atomic E-state index is 13.8. The number of amides is 1. The summed E-state index contributed by atoms with van der Waals surface area (Å²) < 4.78 is 31.2. The monoisotopic (exact) mass is 400 g/mol. The van der Waals surface area contributed by atoms with Gasteiger partial charge in [0, 0.05) is 44.1 Å². The van der Waals surface area contributed by atoms with E-state index in [-0.39, 0.29) is 17.3 Å². The smallest absolute Gasteiger partial charge is 0.256 e. The van der Waals surface area contributed by atoms with Gasteiger partial charge in [0.25, 0.3) is 5.91 Å². The Morgan fingerprint density at radius 3 is 2.43 bits per heavy atom. The molecule has 0 atom stereocenters. The van der Waals surface area contributed by atoms with Gasteiger partial charge in [-0.3, -0.25) is 4.79 Å². The van der Waals surface area contributed by atoms with E-state index < -0.39 is 5.82 Å². The van der Waals surface area contributed by atoms with Gasteiger partial charge in [-0.05, 0) is 29.8 Å². The Balaban J connectivity index is 1.36. The maximum absolute atomic E-state index is 13.8. The molecule has 144 valence electrons. The first-order chi connectivity index (χ1) is 13.6. The van der Waals surface area contributed by atoms with Gasteiger partial charge in [0.1, 0.15) is 17.5 Å². The predicted octanol–water partition coefficient (Wildman–Crippen LogP) is 3.37. The van der Waals surface area contributed by atoms with Gasteiger partial charge in [-0.1, -0.05) is 24.3 Å². The maximum Gasteiger partial charge on any atom is 0.256 e. The fraction of sp³-hybridized carbons (Fsp3) is 0.250. The van der Waals surface area contributed by atoms with Crippen molar-refractivity contribution in [3.05, 3.63) is 77.1 Å². The molecule has 0 aliphatic carbocycles. The summed E-state index contributed by atoms with van der Waals surface area (Å²) in [5.74, 6) is -0.355. The van der Waals surface area contributed by atoms with Crippen LogP contribution in [0.15, 0.2) is 48.5 Å². The van der Waals surface area contributed by atoms with Crippen LogP contribution in [0.4, 0.5) is 13.9 Å². The summed E-state index contributed by atoms with van der Waals surface area (Å²) in [6.07, 6.45) is 0.544. The van der Waals surface area contributed by atoms with Crippen LogP contribution in [0.3, 0.4) is 0 Å². The van der Waals surface area contributed by atoms with Crippen LogP contribution in [-0.4, -0.2) is 46.3 Å². The predicted molar refractivity (Wildman–Crippen MR) is 104 cm³/mol. The van der Waals surface area contributed by atoms with Gasteiger partial charge in [0.15, 0.2) is 0 Å². The van der Waals surface area contributed by atoms with Crippen LogP contribution in [0.2, 0.25) is 0 Å². The Kier molecular flexibility index (Phi) is 5.29. The normalized spacial score (nSPS) is 14.4. The number of piperazine rings is 1. The van der Waals surface area contributed by atoms with E-state index in [1.54, 1.807) is 29.2 Å². The van der Waals surface area contributed by atoms with Crippen molar-refractivity contribution in [1.82, 2.24) is 14.3 Å². The summed E-state index contributed by atoms with van der Waals surface area (Å²) >= 11 is 1.31. The van der Waals surface area contributed by atoms with Gasteiger partial charge in [-0.2, -0.15) is 4.37 Å². The average molecular weight is 400 g/mol. The Morgan fingerprint density at radius 1 is 1.00 bits per heavy atom. The Labute approximate surface area is 165 Å². The molecule has 4 rings (SSSR count). The van der Waals surface area contributed by atoms with Gasteiger partial charge in [-0.25, -0.2) is 13.8 Å². The molecule has 28 heavy (non-hydrogen) atoms. The van der Waals surface area contributed by atoms with E-state index in [0.717, 1.165) is 10.7 Å². The molecule has 0 bridgehead atoms. The minimum Gasteiger partial charge on any atom is -0.343 e. The molecule has 1 amide bonds. The third-order valence-corrected chi connectivity index (χ3v) is 5.49. The molecule has 1 fully saturated rings. The number of aromatic nitrogens is 2. The van der Waals surface area contributed by atoms with Crippen molar-refractivity contribution in [2.45, 2.75) is 6.42 Å². The number of carbonyl (C=O) groups excluding carboxylic acids is 1. The van der Waals surface area contributed by atoms with E-state index in [1.807, 2.05) is 0 Å². The Bertz CT molecular complexity index is 968. The number of halogens is 2. The van der Waals surface area contributed by atoms with E-state index in [4.69, 9.17) is 0 Å². The second kappa shape index (κ2) is 8.02. The van der Waals surface area contributed by atoms with Crippen molar-refractivity contribution in [3.8, 4) is 0 Å². The Hall–Kier alpha value is -2.87. The molecule has 1 saturated heterocycles. The lowest BCUT2D eigenvalue weighted by Crippen LogP contribution is -2.49. The molecule has 1 aliphatic heterocycles. The van der Waals surface area contributed by atoms with Crippen LogP contribution in [0.25, 0.3) is 0 Å². The molecule has 0 N–H and O–H groups in total. The van der Waals surface area contributed by atoms with Gasteiger partial charge in [0.05, 0.1) is 5.56 Å². The first-order valence-corrected chi connectivity index (χ1v) is 9.73. The molecule has 0 spiro atoms. The zero-order valence-electron chi connectivity index (χ0n) is 15.0. The lowest BCUT2D eigenvalue weighted by molar-refractivity contribution is 0.0742. The van der Waals surface area contributed by atoms with Crippen LogP contribution in [-0.2, 0) is 6.42 Å². The Morgan fingerprint density at radius 2 is 1.71 bits per heavy atom. The topological polar surface area (TPSA) is 49.3 Å². The largest absolute Gasteiger partial charge is 0.343 e. The summed E-state index contributed by atoms with van der Waals surface area (Å²) in [5, 5.41) is 0.801. The lowest BCUT2D eigenvalue weighted by atomic mass is 10.1. The van der Waals surface area contributed by atoms with Gasteiger partial charge in [0.2, 0.25) is 5.13 Å². The molecule has 0 saturated carbocycles. The molecular formula is C20H18F2N4OS. The van der Waals surface area contributed by atoms with E-state index >= 15 is 0 Å². The summed E-state index contributed by atoms with van der Waals surface area (Å²) in [7, 11) is 0. The SMILES string of the molecule is O=C(c1ccccc1F)N1CCN(c2nc(Cc3ccc(F)cc3)ns2)CC1. The number of hydrogen-bond donors (Lipinski definition) is 0. The summed E-state index contributed by atoms with van der Waals surface area (Å²) in [6, 6.07) is 12.3. The highest BCUT2D eigenvalue weighted by atomic mass is 32.1. The van der Waals surface area contributed by atoms with Crippen LogP contribution < -0.4 is 4.90 Å². The third-order valence-electron chi connectivity index (χ3n) is 4.67. The van der Waals surface area contributed by atoms with Crippen LogP contribution >= 0.6 is 11.5 Å². The quantitative estimate of drug-likeness (QED) is 0.674. The number of nitrogens with zero attached hydrogens (tertiary/aromatic N) is 4. The summed E-state index contributed by atoms with van der Waals surface area (Å²) in [4.78, 5) is 20.8. The van der Waals surface area contributed by atoms with E-state index in [9.17, 15) is 13.6 Å². The van der Waals surface area contributed by atoms with E-state index in [1.165, 1.54) is 35.8 Å². The van der Waals surface area contributed by atoms with Crippen molar-refractivity contribution < 1.29 is 13.6 Å². The fourth-order valence-electron chi connectivity index (χ4n) is 3.14. The van der Waals surface area contributed by atoms with Gasteiger partial charge in [-0.15, -0.1) is 0 Å². The second-order valence-corrected chi connectivity index (χ2v) is 7.29. The number of carbonyl (C=O) groups is 1. The molecule has 2 aromatic carbocycles. The molecule has 1 aromatic heterocycles. The number of hydrogen-bond acceptors (Lipinski definition) is 5. The summed E-state index contributed by atoms with van der Waals surface area (Å²) in [5.41, 5.74) is 1.06. The molecule has 0 unspecified atom stereocenters. The fourth-order valence-corrected chi connectivity index (χ4v) is 3.87. The van der Waals surface area contributed by atoms with Crippen molar-refractivity contribution in [3.63, 3.8) is 0 Å². The average Bonchev–Trinajstić information content (AvgIpc) is 3.18. The first kappa shape index (κ1) is 18.5. The van der Waals surface area contributed by atoms with E-state index in [0.29, 0.717) is 38.4 Å². The highest BCUT2D eigenvalue weighted by Crippen LogP contribution is 2.21. The minimum absolute atomic E-state index is 0.105. The van der Waals surface area contributed by atoms with Gasteiger partial charge >= 0.3 is 0 Å². The zero-order chi connectivity index (χ0) is 19.5. The lowest BCUT2D eigenvalue weighted by Gasteiger charge is -2.34. The van der Waals surface area contributed by atoms with E-state index in [2.05, 4.69) is 14.3 Å². The van der Waals surface area contributed by atoms with Crippen LogP contribution in [0, 0.1) is 11.6 Å². The molecular weight excluding hydrogens is 382 g/mol. The van der Waals surface area contributed by atoms with Crippen molar-refractivity contribution in [2.75, 3.05) is 31.1 Å². The second-order valence-electron chi connectivity index (χ2n) is 6.56. The standard InChI is InChI=1S/C20H18F2N4OS/c21-15-7-5-14(6-8-15)13-18-23-20(28-24-18)26-11-9-25(10-12-26)19(27)16-3-1-2-4-17(16)22/h1-8H,9-13H2. The highest BCUT2D eigenvalue weighted by Gasteiger charge is 2.25. The van der Waals surface area contributed by atoms with Crippen molar-refractivity contribution in [2.24, 2.45) is 0 Å². The highest BCUT2D eigenvalue weighted by molar-refractivity contribution is 7.09. The van der Waals surface area contributed by atoms with Crippen molar-refractivity contribution in [1.29, 1.82) is 0 Å². The first-order valence-electron chi connectivity index (χ1n) is 8.96. The van der Waals surface area contributed by atoms with Gasteiger partial charge < -0.3 is 9.80 Å². The number of benzene rings is 2. The molecule has 5 nitrogen and oxygen atoms in total. The zero-order valence-corrected chi connectivity index (χ0v) is 15.8. The number of anilines is 1. The minimum atomic E-state index is -0.496.